The molecule has 0 bridgehead atoms. The molecule has 0 fully saturated rings. The van der Waals surface area contributed by atoms with Crippen molar-refractivity contribution >= 4 is 5.69 Å². The molecule has 0 spiro atoms. The first-order valence-electron chi connectivity index (χ1n) is 3.94. The molecule has 0 saturated heterocycles. The van der Waals surface area contributed by atoms with Crippen LogP contribution in [0.3, 0.4) is 0 Å². The zero-order chi connectivity index (χ0) is 9.84. The van der Waals surface area contributed by atoms with Crippen LogP contribution in [0, 0.1) is 12.7 Å². The Morgan fingerprint density at radius 3 is 2.85 bits per heavy atom. The Kier molecular flexibility index (Phi) is 3.08. The van der Waals surface area contributed by atoms with Gasteiger partial charge in [0.1, 0.15) is 18.2 Å². The van der Waals surface area contributed by atoms with Crippen molar-refractivity contribution in [3.8, 4) is 5.75 Å². The number of hydrogen-bond donors (Lipinski definition) is 2. The zero-order valence-electron chi connectivity index (χ0n) is 7.38. The summed E-state index contributed by atoms with van der Waals surface area (Å²) in [7, 11) is 0. The third kappa shape index (κ3) is 2.32. The monoisotopic (exact) mass is 185 g/mol. The normalized spacial score (nSPS) is 10.1. The molecule has 13 heavy (non-hydrogen) atoms. The lowest BCUT2D eigenvalue weighted by Gasteiger charge is -2.08. The van der Waals surface area contributed by atoms with Crippen LogP contribution in [0.4, 0.5) is 10.1 Å². The molecule has 0 aliphatic heterocycles. The van der Waals surface area contributed by atoms with Crippen molar-refractivity contribution in [1.29, 1.82) is 0 Å². The summed E-state index contributed by atoms with van der Waals surface area (Å²) in [6.07, 6.45) is 0. The molecular formula is C9H12FNO2. The molecule has 0 aliphatic rings. The van der Waals surface area contributed by atoms with Crippen molar-refractivity contribution in [1.82, 2.24) is 0 Å². The summed E-state index contributed by atoms with van der Waals surface area (Å²) >= 11 is 0. The highest BCUT2D eigenvalue weighted by molar-refractivity contribution is 5.54. The van der Waals surface area contributed by atoms with Gasteiger partial charge < -0.3 is 15.6 Å². The Morgan fingerprint density at radius 2 is 2.23 bits per heavy atom. The number of nitrogens with two attached hydrogens (primary N) is 1. The van der Waals surface area contributed by atoms with Crippen LogP contribution >= 0.6 is 0 Å². The van der Waals surface area contributed by atoms with Gasteiger partial charge in [-0.15, -0.1) is 0 Å². The maximum absolute atomic E-state index is 13.0. The van der Waals surface area contributed by atoms with E-state index in [1.807, 2.05) is 0 Å². The van der Waals surface area contributed by atoms with Crippen LogP contribution in [-0.4, -0.2) is 18.3 Å². The average Bonchev–Trinajstić information content (AvgIpc) is 2.09. The third-order valence-corrected chi connectivity index (χ3v) is 1.64. The van der Waals surface area contributed by atoms with Gasteiger partial charge in [-0.05, 0) is 18.6 Å². The van der Waals surface area contributed by atoms with Crippen LogP contribution in [0.5, 0.6) is 5.75 Å². The second-order valence-corrected chi connectivity index (χ2v) is 2.71. The number of ether oxygens (including phenoxy) is 1. The average molecular weight is 185 g/mol. The predicted molar refractivity (Wildman–Crippen MR) is 48.1 cm³/mol. The minimum Gasteiger partial charge on any atom is -0.489 e. The molecule has 1 aromatic rings. The first-order valence-corrected chi connectivity index (χ1v) is 3.94. The summed E-state index contributed by atoms with van der Waals surface area (Å²) in [5.74, 6) is -0.0840. The molecule has 0 aliphatic carbocycles. The Bertz CT molecular complexity index is 302. The maximum atomic E-state index is 13.0. The lowest BCUT2D eigenvalue weighted by Crippen LogP contribution is -2.04. The minimum atomic E-state index is -0.359. The summed E-state index contributed by atoms with van der Waals surface area (Å²) in [4.78, 5) is 0. The van der Waals surface area contributed by atoms with Gasteiger partial charge in [0, 0.05) is 6.07 Å². The van der Waals surface area contributed by atoms with E-state index in [2.05, 4.69) is 0 Å². The molecule has 0 heterocycles. The van der Waals surface area contributed by atoms with Crippen molar-refractivity contribution in [2.45, 2.75) is 6.92 Å². The first-order chi connectivity index (χ1) is 6.15. The van der Waals surface area contributed by atoms with E-state index in [-0.39, 0.29) is 24.8 Å². The zero-order valence-corrected chi connectivity index (χ0v) is 7.38. The fourth-order valence-electron chi connectivity index (χ4n) is 0.966. The molecule has 0 radical (unpaired) electrons. The number of halogens is 1. The SMILES string of the molecule is Cc1cc(N)c(OCCO)cc1F. The van der Waals surface area contributed by atoms with Gasteiger partial charge >= 0.3 is 0 Å². The van der Waals surface area contributed by atoms with Gasteiger partial charge in [0.2, 0.25) is 0 Å². The lowest BCUT2D eigenvalue weighted by atomic mass is 10.2. The Balaban J connectivity index is 2.88. The minimum absolute atomic E-state index is 0.116. The summed E-state index contributed by atoms with van der Waals surface area (Å²) < 4.78 is 18.0. The van der Waals surface area contributed by atoms with E-state index in [4.69, 9.17) is 15.6 Å². The van der Waals surface area contributed by atoms with E-state index in [1.54, 1.807) is 6.92 Å². The number of nitrogen functional groups attached to an aromatic ring is 1. The second-order valence-electron chi connectivity index (χ2n) is 2.71. The summed E-state index contributed by atoms with van der Waals surface area (Å²) in [5.41, 5.74) is 6.42. The van der Waals surface area contributed by atoms with Crippen LogP contribution in [0.15, 0.2) is 12.1 Å². The molecule has 0 atom stereocenters. The fourth-order valence-corrected chi connectivity index (χ4v) is 0.966. The number of aliphatic hydroxyl groups is 1. The Morgan fingerprint density at radius 1 is 1.54 bits per heavy atom. The highest BCUT2D eigenvalue weighted by Gasteiger charge is 2.05. The number of aliphatic hydroxyl groups excluding tert-OH is 1. The van der Waals surface area contributed by atoms with Crippen molar-refractivity contribution in [3.05, 3.63) is 23.5 Å². The number of anilines is 1. The van der Waals surface area contributed by atoms with Crippen LogP contribution in [-0.2, 0) is 0 Å². The Hall–Kier alpha value is -1.29. The maximum Gasteiger partial charge on any atom is 0.145 e. The third-order valence-electron chi connectivity index (χ3n) is 1.64. The van der Waals surface area contributed by atoms with Crippen molar-refractivity contribution in [2.75, 3.05) is 18.9 Å². The number of hydrogen-bond acceptors (Lipinski definition) is 3. The van der Waals surface area contributed by atoms with Crippen LogP contribution in [0.1, 0.15) is 5.56 Å². The van der Waals surface area contributed by atoms with E-state index in [0.29, 0.717) is 11.3 Å². The molecule has 0 saturated carbocycles. The van der Waals surface area contributed by atoms with E-state index >= 15 is 0 Å². The molecule has 3 N–H and O–H groups in total. The van der Waals surface area contributed by atoms with Gasteiger partial charge in [0.25, 0.3) is 0 Å². The molecule has 1 rings (SSSR count). The van der Waals surface area contributed by atoms with Gasteiger partial charge in [-0.2, -0.15) is 0 Å². The topological polar surface area (TPSA) is 55.5 Å². The van der Waals surface area contributed by atoms with Crippen LogP contribution in [0.25, 0.3) is 0 Å². The summed E-state index contributed by atoms with van der Waals surface area (Å²) in [6.45, 7) is 1.63. The van der Waals surface area contributed by atoms with E-state index in [9.17, 15) is 4.39 Å². The first kappa shape index (κ1) is 9.80. The fraction of sp³-hybridized carbons (Fsp3) is 0.333. The molecule has 0 amide bonds. The highest BCUT2D eigenvalue weighted by atomic mass is 19.1. The number of aryl methyl sites for hydroxylation is 1. The summed E-state index contributed by atoms with van der Waals surface area (Å²) in [5, 5.41) is 8.48. The molecule has 4 heteroatoms. The van der Waals surface area contributed by atoms with Gasteiger partial charge in [0.15, 0.2) is 0 Å². The summed E-state index contributed by atoms with van der Waals surface area (Å²) in [6, 6.07) is 2.72. The van der Waals surface area contributed by atoms with Crippen molar-refractivity contribution in [3.63, 3.8) is 0 Å². The molecule has 72 valence electrons. The lowest BCUT2D eigenvalue weighted by molar-refractivity contribution is 0.201. The van der Waals surface area contributed by atoms with E-state index < -0.39 is 0 Å². The van der Waals surface area contributed by atoms with Gasteiger partial charge in [-0.3, -0.25) is 0 Å². The number of benzene rings is 1. The highest BCUT2D eigenvalue weighted by Crippen LogP contribution is 2.24. The molecule has 1 aromatic carbocycles. The quantitative estimate of drug-likeness (QED) is 0.693. The van der Waals surface area contributed by atoms with Crippen molar-refractivity contribution < 1.29 is 14.2 Å². The molecule has 0 unspecified atom stereocenters. The van der Waals surface area contributed by atoms with E-state index in [0.717, 1.165) is 0 Å². The van der Waals surface area contributed by atoms with Crippen molar-refractivity contribution in [2.24, 2.45) is 0 Å². The van der Waals surface area contributed by atoms with Crippen LogP contribution < -0.4 is 10.5 Å². The molecule has 0 aromatic heterocycles. The van der Waals surface area contributed by atoms with E-state index in [1.165, 1.54) is 12.1 Å². The van der Waals surface area contributed by atoms with Crippen LogP contribution in [0.2, 0.25) is 0 Å². The Labute approximate surface area is 75.9 Å². The second kappa shape index (κ2) is 4.09. The molecule has 3 nitrogen and oxygen atoms in total. The van der Waals surface area contributed by atoms with Gasteiger partial charge in [-0.25, -0.2) is 4.39 Å². The molecular weight excluding hydrogens is 173 g/mol. The number of rotatable bonds is 3. The largest absolute Gasteiger partial charge is 0.489 e. The van der Waals surface area contributed by atoms with Gasteiger partial charge in [0.05, 0.1) is 12.3 Å². The standard InChI is InChI=1S/C9H12FNO2/c1-6-4-8(11)9(5-7(6)10)13-3-2-12/h4-5,12H,2-3,11H2,1H3. The smallest absolute Gasteiger partial charge is 0.145 e. The predicted octanol–water partition coefficient (Wildman–Crippen LogP) is 1.09. The van der Waals surface area contributed by atoms with Gasteiger partial charge in [-0.1, -0.05) is 0 Å².